The molecule has 0 heterocycles. The van der Waals surface area contributed by atoms with E-state index >= 15 is 0 Å². The smallest absolute Gasteiger partial charge is 0.139 e. The minimum absolute atomic E-state index is 0.0658. The molecule has 0 unspecified atom stereocenters. The van der Waals surface area contributed by atoms with Crippen molar-refractivity contribution >= 4 is 17.9 Å². The first kappa shape index (κ1) is 9.56. The fourth-order valence-corrected chi connectivity index (χ4v) is 3.04. The average molecular weight is 194 g/mol. The molecule has 3 atom stereocenters. The van der Waals surface area contributed by atoms with E-state index in [1.165, 1.54) is 0 Å². The van der Waals surface area contributed by atoms with Gasteiger partial charge in [0.2, 0.25) is 0 Å². The summed E-state index contributed by atoms with van der Waals surface area (Å²) in [5, 5.41) is 0. The number of carbonyl (C=O) groups excluding carboxylic acids is 3. The van der Waals surface area contributed by atoms with Crippen molar-refractivity contribution in [2.24, 2.45) is 17.3 Å². The largest absolute Gasteiger partial charge is 0.303 e. The maximum Gasteiger partial charge on any atom is 0.139 e. The van der Waals surface area contributed by atoms with Crippen molar-refractivity contribution in [1.82, 2.24) is 0 Å². The second-order valence-corrected chi connectivity index (χ2v) is 4.71. The second kappa shape index (κ2) is 3.01. The summed E-state index contributed by atoms with van der Waals surface area (Å²) in [6, 6.07) is 0. The van der Waals surface area contributed by atoms with E-state index in [1.54, 1.807) is 0 Å². The molecule has 0 radical (unpaired) electrons. The van der Waals surface area contributed by atoms with E-state index in [0.717, 1.165) is 12.7 Å². The quantitative estimate of drug-likeness (QED) is 0.588. The van der Waals surface area contributed by atoms with Gasteiger partial charge in [0, 0.05) is 30.6 Å². The lowest BCUT2D eigenvalue weighted by molar-refractivity contribution is -0.139. The highest BCUT2D eigenvalue weighted by atomic mass is 16.1. The Balaban J connectivity index is 2.34. The minimum Gasteiger partial charge on any atom is -0.303 e. The Morgan fingerprint density at radius 1 is 1.43 bits per heavy atom. The second-order valence-electron chi connectivity index (χ2n) is 4.71. The summed E-state index contributed by atoms with van der Waals surface area (Å²) in [5.41, 5.74) is -0.527. The molecule has 0 spiro atoms. The fourth-order valence-electron chi connectivity index (χ4n) is 3.04. The fraction of sp³-hybridized carbons (Fsp3) is 0.727. The lowest BCUT2D eigenvalue weighted by Gasteiger charge is -2.37. The van der Waals surface area contributed by atoms with Crippen LogP contribution in [0.25, 0.3) is 0 Å². The summed E-state index contributed by atoms with van der Waals surface area (Å²) in [7, 11) is 0. The number of carbonyl (C=O) groups is 3. The molecule has 0 aromatic carbocycles. The van der Waals surface area contributed by atoms with Gasteiger partial charge < -0.3 is 4.79 Å². The van der Waals surface area contributed by atoms with Gasteiger partial charge in [0.15, 0.2) is 0 Å². The highest BCUT2D eigenvalue weighted by molar-refractivity contribution is 5.95. The van der Waals surface area contributed by atoms with Gasteiger partial charge in [0.1, 0.15) is 17.9 Å². The van der Waals surface area contributed by atoms with Crippen LogP contribution >= 0.6 is 0 Å². The van der Waals surface area contributed by atoms with Gasteiger partial charge in [-0.15, -0.1) is 0 Å². The van der Waals surface area contributed by atoms with Gasteiger partial charge in [-0.2, -0.15) is 0 Å². The van der Waals surface area contributed by atoms with Crippen LogP contribution in [-0.2, 0) is 14.4 Å². The Labute approximate surface area is 82.9 Å². The predicted molar refractivity (Wildman–Crippen MR) is 49.6 cm³/mol. The molecular formula is C11H14O3. The highest BCUT2D eigenvalue weighted by Crippen LogP contribution is 2.50. The summed E-state index contributed by atoms with van der Waals surface area (Å²) in [4.78, 5) is 33.9. The zero-order valence-corrected chi connectivity index (χ0v) is 8.29. The van der Waals surface area contributed by atoms with Crippen LogP contribution in [0.5, 0.6) is 0 Å². The van der Waals surface area contributed by atoms with Crippen LogP contribution in [0.15, 0.2) is 0 Å². The summed E-state index contributed by atoms with van der Waals surface area (Å²) in [6.45, 7) is 1.85. The maximum atomic E-state index is 11.7. The van der Waals surface area contributed by atoms with Crippen molar-refractivity contribution in [3.05, 3.63) is 0 Å². The standard InChI is InChI=1S/C11H14O3/c1-11-5-8(13)4-7(6-12)9(11)2-3-10(11)14/h6-7,9H,2-5H2,1H3/t7-,9-,11-/m0/s1. The molecule has 0 aliphatic heterocycles. The van der Waals surface area contributed by atoms with Crippen LogP contribution in [0, 0.1) is 17.3 Å². The van der Waals surface area contributed by atoms with Crippen molar-refractivity contribution in [3.8, 4) is 0 Å². The third kappa shape index (κ3) is 1.15. The zero-order chi connectivity index (χ0) is 10.3. The van der Waals surface area contributed by atoms with Gasteiger partial charge in [-0.3, -0.25) is 9.59 Å². The van der Waals surface area contributed by atoms with E-state index in [1.807, 2.05) is 6.92 Å². The van der Waals surface area contributed by atoms with Crippen molar-refractivity contribution in [1.29, 1.82) is 0 Å². The van der Waals surface area contributed by atoms with Crippen molar-refractivity contribution in [3.63, 3.8) is 0 Å². The maximum absolute atomic E-state index is 11.7. The Hall–Kier alpha value is -0.990. The first-order valence-electron chi connectivity index (χ1n) is 5.08. The van der Waals surface area contributed by atoms with Gasteiger partial charge in [0.05, 0.1) is 0 Å². The number of rotatable bonds is 1. The molecule has 2 rings (SSSR count). The molecule has 0 aromatic heterocycles. The lowest BCUT2D eigenvalue weighted by Crippen LogP contribution is -2.41. The molecule has 2 aliphatic carbocycles. The average Bonchev–Trinajstić information content (AvgIpc) is 2.41. The van der Waals surface area contributed by atoms with Crippen molar-refractivity contribution in [2.75, 3.05) is 0 Å². The molecule has 0 saturated heterocycles. The van der Waals surface area contributed by atoms with E-state index in [-0.39, 0.29) is 23.4 Å². The van der Waals surface area contributed by atoms with Crippen LogP contribution in [0.4, 0.5) is 0 Å². The Morgan fingerprint density at radius 3 is 2.79 bits per heavy atom. The molecule has 3 nitrogen and oxygen atoms in total. The first-order valence-corrected chi connectivity index (χ1v) is 5.08. The molecule has 0 aromatic rings. The van der Waals surface area contributed by atoms with Gasteiger partial charge in [-0.05, 0) is 12.3 Å². The van der Waals surface area contributed by atoms with Crippen LogP contribution in [-0.4, -0.2) is 17.9 Å². The molecule has 0 amide bonds. The van der Waals surface area contributed by atoms with Crippen LogP contribution < -0.4 is 0 Å². The van der Waals surface area contributed by atoms with Gasteiger partial charge in [-0.1, -0.05) is 6.92 Å². The number of hydrogen-bond acceptors (Lipinski definition) is 3. The molecule has 0 N–H and O–H groups in total. The summed E-state index contributed by atoms with van der Waals surface area (Å²) >= 11 is 0. The highest BCUT2D eigenvalue weighted by Gasteiger charge is 2.53. The molecule has 0 bridgehead atoms. The molecule has 76 valence electrons. The molecule has 3 heteroatoms. The third-order valence-electron chi connectivity index (χ3n) is 3.86. The van der Waals surface area contributed by atoms with E-state index in [9.17, 15) is 14.4 Å². The van der Waals surface area contributed by atoms with Crippen molar-refractivity contribution < 1.29 is 14.4 Å². The van der Waals surface area contributed by atoms with E-state index in [0.29, 0.717) is 19.3 Å². The number of aldehydes is 1. The molecular weight excluding hydrogens is 180 g/mol. The van der Waals surface area contributed by atoms with E-state index < -0.39 is 5.41 Å². The minimum atomic E-state index is -0.527. The normalized spacial score (nSPS) is 42.4. The number of hydrogen-bond donors (Lipinski definition) is 0. The summed E-state index contributed by atoms with van der Waals surface area (Å²) in [5.74, 6) is 0.136. The number of fused-ring (bicyclic) bond motifs is 1. The van der Waals surface area contributed by atoms with Crippen LogP contribution in [0.3, 0.4) is 0 Å². The van der Waals surface area contributed by atoms with Crippen molar-refractivity contribution in [2.45, 2.75) is 32.6 Å². The lowest BCUT2D eigenvalue weighted by atomic mass is 9.64. The Bertz CT molecular complexity index is 308. The van der Waals surface area contributed by atoms with Crippen LogP contribution in [0.2, 0.25) is 0 Å². The Morgan fingerprint density at radius 2 is 2.14 bits per heavy atom. The van der Waals surface area contributed by atoms with Gasteiger partial charge in [0.25, 0.3) is 0 Å². The molecule has 2 aliphatic rings. The number of ketones is 2. The Kier molecular flexibility index (Phi) is 2.05. The topological polar surface area (TPSA) is 51.2 Å². The summed E-state index contributed by atoms with van der Waals surface area (Å²) in [6.07, 6.45) is 2.88. The van der Waals surface area contributed by atoms with Gasteiger partial charge in [-0.25, -0.2) is 0 Å². The monoisotopic (exact) mass is 194 g/mol. The molecule has 2 fully saturated rings. The zero-order valence-electron chi connectivity index (χ0n) is 8.29. The van der Waals surface area contributed by atoms with E-state index in [4.69, 9.17) is 0 Å². The third-order valence-corrected chi connectivity index (χ3v) is 3.86. The summed E-state index contributed by atoms with van der Waals surface area (Å²) < 4.78 is 0. The molecule has 14 heavy (non-hydrogen) atoms. The first-order chi connectivity index (χ1) is 6.58. The number of Topliss-reactive ketones (excluding diaryl/α,β-unsaturated/α-hetero) is 2. The SMILES string of the molecule is C[C@]12CC(=O)C[C@@H](C=O)[C@@H]1CCC2=O. The predicted octanol–water partition coefficient (Wildman–Crippen LogP) is 1.15. The van der Waals surface area contributed by atoms with E-state index in [2.05, 4.69) is 0 Å². The molecule has 2 saturated carbocycles. The van der Waals surface area contributed by atoms with Gasteiger partial charge >= 0.3 is 0 Å². The van der Waals surface area contributed by atoms with Crippen LogP contribution in [0.1, 0.15) is 32.6 Å².